The van der Waals surface area contributed by atoms with Gasteiger partial charge in [-0.25, -0.2) is 0 Å². The van der Waals surface area contributed by atoms with Crippen molar-refractivity contribution in [2.24, 2.45) is 0 Å². The molecule has 0 fully saturated rings. The van der Waals surface area contributed by atoms with Gasteiger partial charge in [-0.05, 0) is 23.6 Å². The Kier molecular flexibility index (Phi) is 11.5. The summed E-state index contributed by atoms with van der Waals surface area (Å²) in [6.07, 6.45) is 3.38. The first-order valence-corrected chi connectivity index (χ1v) is 6.02. The lowest BCUT2D eigenvalue weighted by Gasteiger charge is -1.88. The molecule has 0 aliphatic heterocycles. The summed E-state index contributed by atoms with van der Waals surface area (Å²) in [5, 5.41) is 4.08. The van der Waals surface area contributed by atoms with Gasteiger partial charge < -0.3 is 0 Å². The van der Waals surface area contributed by atoms with Crippen LogP contribution in [-0.2, 0) is 0 Å². The molecule has 0 aliphatic carbocycles. The summed E-state index contributed by atoms with van der Waals surface area (Å²) in [5.41, 5.74) is 0. The number of hydrogen-bond donors (Lipinski definition) is 0. The Morgan fingerprint density at radius 2 is 1.33 bits per heavy atom. The van der Waals surface area contributed by atoms with Crippen molar-refractivity contribution in [1.29, 1.82) is 0 Å². The van der Waals surface area contributed by atoms with Crippen LogP contribution in [0.3, 0.4) is 0 Å². The fourth-order valence-electron chi connectivity index (χ4n) is 0.593. The average Bonchev–Trinajstić information content (AvgIpc) is 2.62. The van der Waals surface area contributed by atoms with Crippen LogP contribution in [0.25, 0.3) is 0 Å². The van der Waals surface area contributed by atoms with Crippen LogP contribution in [0.4, 0.5) is 0 Å². The highest BCUT2D eigenvalue weighted by molar-refractivity contribution is 7.07. The van der Waals surface area contributed by atoms with Gasteiger partial charge >= 0.3 is 0 Å². The van der Waals surface area contributed by atoms with Gasteiger partial charge in [-0.2, -0.15) is 11.3 Å². The van der Waals surface area contributed by atoms with Crippen LogP contribution >= 0.6 is 34.5 Å². The summed E-state index contributed by atoms with van der Waals surface area (Å²) in [4.78, 5) is 0. The van der Waals surface area contributed by atoms with Crippen molar-refractivity contribution in [3.05, 3.63) is 22.9 Å². The molecule has 1 aromatic rings. The second kappa shape index (κ2) is 11.3. The second-order valence-electron chi connectivity index (χ2n) is 2.23. The molecule has 1 rings (SSSR count). The number of unbranched alkanes of at least 4 members (excludes halogenated alkanes) is 2. The summed E-state index contributed by atoms with van der Waals surface area (Å²) in [6.45, 7) is 0. The zero-order valence-electron chi connectivity index (χ0n) is 7.01. The topological polar surface area (TPSA) is 0 Å². The van der Waals surface area contributed by atoms with E-state index in [0.29, 0.717) is 0 Å². The molecule has 1 heterocycles. The van der Waals surface area contributed by atoms with E-state index in [1.165, 1.54) is 6.42 Å². The fraction of sp³-hybridized carbons (Fsp3) is 0.556. The maximum atomic E-state index is 5.39. The van der Waals surface area contributed by atoms with E-state index in [0.717, 1.165) is 24.6 Å². The molecule has 0 amide bonds. The van der Waals surface area contributed by atoms with Crippen LogP contribution in [-0.4, -0.2) is 11.8 Å². The summed E-state index contributed by atoms with van der Waals surface area (Å²) in [5.74, 6) is 1.55. The SMILES string of the molecule is ClCCCCCCl.c1ccsc1. The van der Waals surface area contributed by atoms with E-state index in [-0.39, 0.29) is 0 Å². The van der Waals surface area contributed by atoms with Gasteiger partial charge in [-0.15, -0.1) is 23.2 Å². The predicted molar refractivity (Wildman–Crippen MR) is 59.6 cm³/mol. The molecule has 0 nitrogen and oxygen atoms in total. The number of hydrogen-bond acceptors (Lipinski definition) is 1. The van der Waals surface area contributed by atoms with Crippen LogP contribution in [0.1, 0.15) is 19.3 Å². The highest BCUT2D eigenvalue weighted by atomic mass is 35.5. The number of thiophene rings is 1. The lowest BCUT2D eigenvalue weighted by atomic mass is 10.3. The summed E-state index contributed by atoms with van der Waals surface area (Å²) in [6, 6.07) is 4.04. The van der Waals surface area contributed by atoms with E-state index in [4.69, 9.17) is 23.2 Å². The highest BCUT2D eigenvalue weighted by Gasteiger charge is 1.82. The molecule has 0 unspecified atom stereocenters. The largest absolute Gasteiger partial charge is 0.152 e. The summed E-state index contributed by atoms with van der Waals surface area (Å²) < 4.78 is 0. The molecule has 0 saturated heterocycles. The third kappa shape index (κ3) is 10.3. The smallest absolute Gasteiger partial charge is 0.0223 e. The zero-order valence-corrected chi connectivity index (χ0v) is 9.34. The lowest BCUT2D eigenvalue weighted by molar-refractivity contribution is 0.780. The van der Waals surface area contributed by atoms with Gasteiger partial charge in [0.15, 0.2) is 0 Å². The normalized spacial score (nSPS) is 8.83. The summed E-state index contributed by atoms with van der Waals surface area (Å²) in [7, 11) is 0. The molecule has 0 spiro atoms. The first-order chi connectivity index (χ1) is 5.91. The van der Waals surface area contributed by atoms with Crippen LogP contribution in [0.15, 0.2) is 22.9 Å². The quantitative estimate of drug-likeness (QED) is 0.526. The Morgan fingerprint density at radius 3 is 1.58 bits per heavy atom. The van der Waals surface area contributed by atoms with Gasteiger partial charge in [-0.1, -0.05) is 18.6 Å². The van der Waals surface area contributed by atoms with Crippen molar-refractivity contribution in [2.75, 3.05) is 11.8 Å². The number of rotatable bonds is 4. The molecule has 0 aliphatic rings. The Bertz CT molecular complexity index is 119. The fourth-order valence-corrected chi connectivity index (χ4v) is 1.42. The van der Waals surface area contributed by atoms with Gasteiger partial charge in [0.2, 0.25) is 0 Å². The minimum absolute atomic E-state index is 0.775. The molecule has 0 N–H and O–H groups in total. The highest BCUT2D eigenvalue weighted by Crippen LogP contribution is 1.97. The molecular weight excluding hydrogens is 211 g/mol. The first kappa shape index (κ1) is 12.3. The standard InChI is InChI=1S/C5H10Cl2.C4H4S/c6-4-2-1-3-5-7;1-2-4-5-3-1/h1-5H2;1-4H. The number of halogens is 2. The van der Waals surface area contributed by atoms with E-state index in [2.05, 4.69) is 0 Å². The average molecular weight is 225 g/mol. The Morgan fingerprint density at radius 1 is 0.833 bits per heavy atom. The summed E-state index contributed by atoms with van der Waals surface area (Å²) >= 11 is 12.5. The molecule has 12 heavy (non-hydrogen) atoms. The maximum Gasteiger partial charge on any atom is 0.0223 e. The second-order valence-corrected chi connectivity index (χ2v) is 3.80. The maximum absolute atomic E-state index is 5.39. The van der Waals surface area contributed by atoms with Crippen molar-refractivity contribution < 1.29 is 0 Å². The molecule has 70 valence electrons. The van der Waals surface area contributed by atoms with Crippen LogP contribution < -0.4 is 0 Å². The Balaban J connectivity index is 0.000000211. The van der Waals surface area contributed by atoms with E-state index in [1.54, 1.807) is 11.3 Å². The monoisotopic (exact) mass is 224 g/mol. The van der Waals surface area contributed by atoms with Crippen molar-refractivity contribution in [3.63, 3.8) is 0 Å². The van der Waals surface area contributed by atoms with Crippen molar-refractivity contribution in [2.45, 2.75) is 19.3 Å². The molecule has 0 radical (unpaired) electrons. The van der Waals surface area contributed by atoms with Gasteiger partial charge in [0, 0.05) is 11.8 Å². The van der Waals surface area contributed by atoms with Crippen molar-refractivity contribution in [3.8, 4) is 0 Å². The lowest BCUT2D eigenvalue weighted by Crippen LogP contribution is -1.77. The van der Waals surface area contributed by atoms with Crippen LogP contribution in [0.5, 0.6) is 0 Å². The van der Waals surface area contributed by atoms with Crippen LogP contribution in [0, 0.1) is 0 Å². The molecule has 0 atom stereocenters. The van der Waals surface area contributed by atoms with E-state index in [1.807, 2.05) is 22.9 Å². The zero-order chi connectivity index (χ0) is 9.07. The molecule has 3 heteroatoms. The Labute approximate surface area is 88.5 Å². The third-order valence-corrected chi connectivity index (χ3v) is 2.36. The van der Waals surface area contributed by atoms with Crippen molar-refractivity contribution in [1.82, 2.24) is 0 Å². The molecular formula is C9H14Cl2S. The van der Waals surface area contributed by atoms with Gasteiger partial charge in [0.05, 0.1) is 0 Å². The van der Waals surface area contributed by atoms with E-state index in [9.17, 15) is 0 Å². The van der Waals surface area contributed by atoms with Crippen LogP contribution in [0.2, 0.25) is 0 Å². The Hall–Kier alpha value is 0.280. The number of alkyl halides is 2. The first-order valence-electron chi connectivity index (χ1n) is 4.01. The molecule has 0 saturated carbocycles. The third-order valence-electron chi connectivity index (χ3n) is 1.19. The molecule has 0 bridgehead atoms. The minimum atomic E-state index is 0.775. The molecule has 0 aromatic carbocycles. The van der Waals surface area contributed by atoms with Crippen molar-refractivity contribution >= 4 is 34.5 Å². The van der Waals surface area contributed by atoms with E-state index >= 15 is 0 Å². The van der Waals surface area contributed by atoms with E-state index < -0.39 is 0 Å². The molecule has 1 aromatic heterocycles. The van der Waals surface area contributed by atoms with Gasteiger partial charge in [-0.3, -0.25) is 0 Å². The van der Waals surface area contributed by atoms with Gasteiger partial charge in [0.1, 0.15) is 0 Å². The minimum Gasteiger partial charge on any atom is -0.152 e. The van der Waals surface area contributed by atoms with Gasteiger partial charge in [0.25, 0.3) is 0 Å². The predicted octanol–water partition coefficient (Wildman–Crippen LogP) is 4.38.